The van der Waals surface area contributed by atoms with E-state index < -0.39 is 16.2 Å². The predicted octanol–water partition coefficient (Wildman–Crippen LogP) is 18.7. The van der Waals surface area contributed by atoms with E-state index in [4.69, 9.17) is 100 Å². The molecule has 3 amide bonds. The number of nitrogen functional groups attached to an aromatic ring is 2. The van der Waals surface area contributed by atoms with Crippen molar-refractivity contribution in [1.82, 2.24) is 39.9 Å². The Hall–Kier alpha value is -8.65. The maximum Gasteiger partial charge on any atom is 1.00 e. The topological polar surface area (TPSA) is 322 Å². The number of methoxy groups -OCH3 is 3. The largest absolute Gasteiger partial charge is 1.00 e. The number of benzene rings is 6. The van der Waals surface area contributed by atoms with Gasteiger partial charge in [-0.3, -0.25) is 14.4 Å². The van der Waals surface area contributed by atoms with Gasteiger partial charge in [-0.2, -0.15) is 0 Å². The SMILES string of the molecule is CNc1ccc(SC)cc1.CNc1ccc2c(c1)CCO2.COc1ccc2c(c1)CCCN2.COc1ccc2c(c1)CCCN2c1nc(C)nc(N)c1Cl.COc1ccc2c(c1)CCCN2c1nc(C)nc(NC(=O)C(C)(C)C)c1Cl.CSc1ccc(N)cc1.Cc1nc(Cl)c(Cl)c(NC(=O)C(C)(C)C)n1.Cc1nc(Cl)c(Cl)c(NC(=O)C(C)(C)C)n1.[B].[H-].[Na+]. The summed E-state index contributed by atoms with van der Waals surface area (Å²) in [5, 5.41) is 19.0. The Kier molecular flexibility index (Phi) is 42.7. The molecule has 124 heavy (non-hydrogen) atoms. The molecular formula is C89H113BCl6N18NaO7S2. The van der Waals surface area contributed by atoms with Crippen LogP contribution >= 0.6 is 93.1 Å². The number of aromatic nitrogens is 8. The Bertz CT molecular complexity index is 5120. The van der Waals surface area contributed by atoms with Gasteiger partial charge in [-0.05, 0) is 222 Å². The number of nitrogens with one attached hydrogen (secondary N) is 6. The number of nitrogens with two attached hydrogens (primary N) is 2. The number of halogens is 6. The Morgan fingerprint density at radius 1 is 0.468 bits per heavy atom. The zero-order valence-electron chi connectivity index (χ0n) is 75.5. The average molecular weight is 1860 g/mol. The molecule has 659 valence electrons. The van der Waals surface area contributed by atoms with E-state index in [0.717, 1.165) is 110 Å². The van der Waals surface area contributed by atoms with Crippen LogP contribution < -0.4 is 102 Å². The molecule has 0 fully saturated rings. The number of carbonyl (C=O) groups excluding carboxylic acids is 3. The van der Waals surface area contributed by atoms with E-state index in [1.807, 2.05) is 121 Å². The second-order valence-corrected chi connectivity index (χ2v) is 35.1. The van der Waals surface area contributed by atoms with Crippen molar-refractivity contribution in [3.63, 3.8) is 0 Å². The molecule has 14 rings (SSSR count). The van der Waals surface area contributed by atoms with Gasteiger partial charge in [0.2, 0.25) is 17.7 Å². The van der Waals surface area contributed by atoms with E-state index in [-0.39, 0.29) is 89.1 Å². The van der Waals surface area contributed by atoms with Gasteiger partial charge in [-0.15, -0.1) is 23.5 Å². The molecule has 4 aliphatic heterocycles. The first-order valence-electron chi connectivity index (χ1n) is 39.3. The second kappa shape index (κ2) is 50.0. The number of aryl methyl sites for hydroxylation is 7. The van der Waals surface area contributed by atoms with Crippen molar-refractivity contribution in [3.05, 3.63) is 197 Å². The van der Waals surface area contributed by atoms with Crippen LogP contribution in [0.2, 0.25) is 30.4 Å². The van der Waals surface area contributed by atoms with Gasteiger partial charge in [0.25, 0.3) is 0 Å². The van der Waals surface area contributed by atoms with E-state index >= 15 is 0 Å². The van der Waals surface area contributed by atoms with Gasteiger partial charge in [0, 0.05) is 109 Å². The molecule has 0 spiro atoms. The van der Waals surface area contributed by atoms with Crippen LogP contribution in [0.25, 0.3) is 0 Å². The van der Waals surface area contributed by atoms with E-state index in [0.29, 0.717) is 56.6 Å². The molecule has 25 nitrogen and oxygen atoms in total. The number of hydrogen-bond donors (Lipinski definition) is 8. The van der Waals surface area contributed by atoms with E-state index in [9.17, 15) is 14.4 Å². The molecule has 0 bridgehead atoms. The molecule has 0 aliphatic carbocycles. The fraction of sp³-hybridized carbons (Fsp3) is 0.382. The van der Waals surface area contributed by atoms with Crippen LogP contribution in [0.4, 0.5) is 69.0 Å². The number of anilines is 12. The molecule has 35 heteroatoms. The third kappa shape index (κ3) is 31.7. The number of rotatable bonds is 12. The number of fused-ring (bicyclic) bond motifs is 4. The van der Waals surface area contributed by atoms with Crippen LogP contribution in [-0.4, -0.2) is 140 Å². The van der Waals surface area contributed by atoms with E-state index in [2.05, 4.69) is 136 Å². The number of carbonyl (C=O) groups is 3. The molecule has 10 N–H and O–H groups in total. The minimum Gasteiger partial charge on any atom is -1.00 e. The molecule has 8 heterocycles. The maximum absolute atomic E-state index is 12.4. The summed E-state index contributed by atoms with van der Waals surface area (Å²) in [6.45, 7) is 26.9. The summed E-state index contributed by atoms with van der Waals surface area (Å²) in [6.07, 6.45) is 11.5. The number of hydrogen-bond acceptors (Lipinski definition) is 24. The Labute approximate surface area is 794 Å². The van der Waals surface area contributed by atoms with Crippen LogP contribution in [0.5, 0.6) is 23.0 Å². The second-order valence-electron chi connectivity index (χ2n) is 31.1. The third-order valence-corrected chi connectivity index (χ3v) is 22.2. The number of ether oxygens (including phenoxy) is 4. The Balaban J connectivity index is 0.000000306. The van der Waals surface area contributed by atoms with Gasteiger partial charge in [-0.1, -0.05) is 132 Å². The van der Waals surface area contributed by atoms with E-state index in [1.54, 1.807) is 107 Å². The zero-order valence-corrected chi connectivity index (χ0v) is 82.6. The molecule has 0 saturated carbocycles. The van der Waals surface area contributed by atoms with Gasteiger partial charge in [0.15, 0.2) is 39.4 Å². The van der Waals surface area contributed by atoms with Gasteiger partial charge in [0.05, 0.1) is 27.9 Å². The van der Waals surface area contributed by atoms with Gasteiger partial charge in [0.1, 0.15) is 72.2 Å². The van der Waals surface area contributed by atoms with Gasteiger partial charge < -0.3 is 73.5 Å². The summed E-state index contributed by atoms with van der Waals surface area (Å²) >= 11 is 39.8. The standard InChI is InChI=1S/C20H25ClN4O2.C15H17ClN4O.2C10H13Cl2N3O.C10H13NO.C9H11NO.C8H11NS.C7H9NS.B.Na.H/c1-12-22-17(24-19(26)20(2,3)4)16(21)18(23-12)25-10-6-7-13-11-14(27-5)8-9-15(13)25;1-9-18-14(17)13(16)15(19-9)20-7-3-4-10-8-11(21-2)5-6-12(10)20;2*1-5-13-7(12)6(11)8(14-5)15-9(16)10(2,3)4;1-12-9-4-5-10-8(7-9)3-2-6-11-10;1-10-8-2-3-9-7(6-8)4-5-11-9;1-9-7-3-5-8(10-2)6-4-7;1-9-7-4-2-6(8)3-5-7;;;/h8-9,11H,6-7,10H2,1-5H3,(H,22,23,24,26);5-6,8H,3-4,7H2,1-2H3,(H2,17,18,19);2*1-4H3,(H,13,14,15,16);4-5,7,11H,2-3,6H2,1H3;2-3,6,10H,4-5H2,1H3;3-6,9H,1-2H3;2-5H,8H2,1H3;;;/q;;;;;;;;;+1;-1. The minimum atomic E-state index is -0.545. The summed E-state index contributed by atoms with van der Waals surface area (Å²) in [6, 6.07) is 40.7. The maximum atomic E-state index is 12.4. The zero-order chi connectivity index (χ0) is 89.9. The van der Waals surface area contributed by atoms with Crippen LogP contribution in [-0.2, 0) is 40.1 Å². The molecule has 0 unspecified atom stereocenters. The molecule has 6 aromatic carbocycles. The summed E-state index contributed by atoms with van der Waals surface area (Å²) in [5.41, 5.74) is 21.4. The molecule has 0 saturated heterocycles. The van der Waals surface area contributed by atoms with Crippen molar-refractivity contribution in [1.29, 1.82) is 0 Å². The summed E-state index contributed by atoms with van der Waals surface area (Å²) in [7, 11) is 8.90. The molecule has 4 aliphatic rings. The van der Waals surface area contributed by atoms with Crippen LogP contribution in [0.1, 0.15) is 129 Å². The van der Waals surface area contributed by atoms with Gasteiger partial charge in [-0.25, -0.2) is 39.9 Å². The van der Waals surface area contributed by atoms with Crippen molar-refractivity contribution in [2.45, 2.75) is 145 Å². The van der Waals surface area contributed by atoms with Crippen molar-refractivity contribution in [3.8, 4) is 23.0 Å². The first-order chi connectivity index (χ1) is 57.7. The molecule has 10 aromatic rings. The fourth-order valence-corrected chi connectivity index (χ4v) is 13.7. The summed E-state index contributed by atoms with van der Waals surface area (Å²) in [4.78, 5) is 75.9. The average Bonchev–Trinajstić information content (AvgIpc) is 1.13. The molecule has 4 aromatic heterocycles. The van der Waals surface area contributed by atoms with Crippen molar-refractivity contribution >= 4 is 188 Å². The molecule has 0 atom stereocenters. The van der Waals surface area contributed by atoms with Crippen molar-refractivity contribution in [2.75, 3.05) is 127 Å². The Morgan fingerprint density at radius 2 is 0.855 bits per heavy atom. The molecular weight excluding hydrogens is 1740 g/mol. The predicted molar refractivity (Wildman–Crippen MR) is 515 cm³/mol. The quantitative estimate of drug-likeness (QED) is 0.0244. The summed E-state index contributed by atoms with van der Waals surface area (Å²) < 4.78 is 21.2. The number of amides is 3. The van der Waals surface area contributed by atoms with Crippen LogP contribution in [0, 0.1) is 43.9 Å². The third-order valence-electron chi connectivity index (χ3n) is 18.5. The number of thioether (sulfide) groups is 2. The fourth-order valence-electron chi connectivity index (χ4n) is 11.8. The van der Waals surface area contributed by atoms with Crippen LogP contribution in [0.15, 0.2) is 131 Å². The Morgan fingerprint density at radius 3 is 1.28 bits per heavy atom. The van der Waals surface area contributed by atoms with Crippen molar-refractivity contribution < 1.29 is 64.3 Å². The smallest absolute Gasteiger partial charge is 1.00 e. The number of nitrogens with zero attached hydrogens (tertiary/aromatic N) is 10. The molecule has 3 radical (unpaired) electrons. The first-order valence-corrected chi connectivity index (χ1v) is 44.1. The monoisotopic (exact) mass is 1850 g/mol. The van der Waals surface area contributed by atoms with Crippen LogP contribution in [0.3, 0.4) is 0 Å². The summed E-state index contributed by atoms with van der Waals surface area (Å²) in [5.74, 6) is 7.73. The van der Waals surface area contributed by atoms with E-state index in [1.165, 1.54) is 50.6 Å². The minimum absolute atomic E-state index is 0. The van der Waals surface area contributed by atoms with Gasteiger partial charge >= 0.3 is 29.6 Å². The normalized spacial score (nSPS) is 12.4. The first kappa shape index (κ1) is 106. The van der Waals surface area contributed by atoms with Crippen molar-refractivity contribution in [2.24, 2.45) is 16.2 Å².